The number of halogens is 2. The van der Waals surface area contributed by atoms with Crippen molar-refractivity contribution in [2.45, 2.75) is 26.3 Å². The SMILES string of the molecule is CCC(C)C(N)C(=O)Nc1cc(OC)c(OC)cc1F.Cl. The van der Waals surface area contributed by atoms with E-state index in [0.717, 1.165) is 12.5 Å². The zero-order valence-electron chi connectivity index (χ0n) is 12.6. The Morgan fingerprint density at radius 1 is 1.33 bits per heavy atom. The molecule has 0 spiro atoms. The molecule has 1 rings (SSSR count). The van der Waals surface area contributed by atoms with E-state index in [0.29, 0.717) is 5.75 Å². The highest BCUT2D eigenvalue weighted by Gasteiger charge is 2.21. The van der Waals surface area contributed by atoms with Crippen molar-refractivity contribution in [1.82, 2.24) is 0 Å². The Labute approximate surface area is 130 Å². The van der Waals surface area contributed by atoms with Crippen molar-refractivity contribution < 1.29 is 18.7 Å². The predicted molar refractivity (Wildman–Crippen MR) is 82.8 cm³/mol. The number of rotatable bonds is 6. The summed E-state index contributed by atoms with van der Waals surface area (Å²) in [6, 6.07) is 1.84. The molecule has 0 bridgehead atoms. The molecule has 7 heteroatoms. The number of ether oxygens (including phenoxy) is 2. The van der Waals surface area contributed by atoms with Crippen LogP contribution in [0, 0.1) is 11.7 Å². The second kappa shape index (κ2) is 8.69. The van der Waals surface area contributed by atoms with Gasteiger partial charge in [-0.15, -0.1) is 12.4 Å². The third-order valence-electron chi connectivity index (χ3n) is 3.29. The second-order valence-corrected chi connectivity index (χ2v) is 4.59. The molecule has 120 valence electrons. The third kappa shape index (κ3) is 4.75. The second-order valence-electron chi connectivity index (χ2n) is 4.59. The highest BCUT2D eigenvalue weighted by atomic mass is 35.5. The maximum absolute atomic E-state index is 13.9. The van der Waals surface area contributed by atoms with Gasteiger partial charge in [-0.05, 0) is 5.92 Å². The lowest BCUT2D eigenvalue weighted by Crippen LogP contribution is -2.40. The molecule has 0 saturated heterocycles. The van der Waals surface area contributed by atoms with Crippen molar-refractivity contribution in [3.63, 3.8) is 0 Å². The minimum absolute atomic E-state index is 0. The summed E-state index contributed by atoms with van der Waals surface area (Å²) in [5, 5.41) is 2.48. The van der Waals surface area contributed by atoms with Crippen molar-refractivity contribution in [1.29, 1.82) is 0 Å². The highest BCUT2D eigenvalue weighted by Crippen LogP contribution is 2.32. The van der Waals surface area contributed by atoms with Crippen molar-refractivity contribution in [2.75, 3.05) is 19.5 Å². The number of nitrogens with one attached hydrogen (secondary N) is 1. The normalized spacial score (nSPS) is 12.9. The first-order chi connectivity index (χ1) is 9.44. The lowest BCUT2D eigenvalue weighted by molar-refractivity contribution is -0.118. The number of carbonyl (C=O) groups is 1. The van der Waals surface area contributed by atoms with Gasteiger partial charge < -0.3 is 20.5 Å². The summed E-state index contributed by atoms with van der Waals surface area (Å²) in [6.45, 7) is 3.81. The van der Waals surface area contributed by atoms with Crippen molar-refractivity contribution in [2.24, 2.45) is 11.7 Å². The topological polar surface area (TPSA) is 73.6 Å². The van der Waals surface area contributed by atoms with Gasteiger partial charge >= 0.3 is 0 Å². The van der Waals surface area contributed by atoms with E-state index in [9.17, 15) is 9.18 Å². The molecule has 21 heavy (non-hydrogen) atoms. The van der Waals surface area contributed by atoms with Gasteiger partial charge in [0.15, 0.2) is 17.3 Å². The Bertz CT molecular complexity index is 486. The molecule has 0 fully saturated rings. The van der Waals surface area contributed by atoms with Crippen LogP contribution in [0.25, 0.3) is 0 Å². The van der Waals surface area contributed by atoms with Gasteiger partial charge in [-0.25, -0.2) is 4.39 Å². The Morgan fingerprint density at radius 2 is 1.86 bits per heavy atom. The number of amides is 1. The van der Waals surface area contributed by atoms with Gasteiger partial charge in [0.1, 0.15) is 0 Å². The number of hydrogen-bond donors (Lipinski definition) is 2. The third-order valence-corrected chi connectivity index (χ3v) is 3.29. The Hall–Kier alpha value is -1.53. The standard InChI is InChI=1S/C14H21FN2O3.ClH/c1-5-8(2)13(16)14(18)17-10-7-12(20-4)11(19-3)6-9(10)15;/h6-8,13H,5,16H2,1-4H3,(H,17,18);1H. The van der Waals surface area contributed by atoms with E-state index < -0.39 is 17.8 Å². The number of hydrogen-bond acceptors (Lipinski definition) is 4. The average Bonchev–Trinajstić information content (AvgIpc) is 2.46. The fourth-order valence-electron chi connectivity index (χ4n) is 1.68. The van der Waals surface area contributed by atoms with Crippen LogP contribution in [0.2, 0.25) is 0 Å². The molecule has 3 N–H and O–H groups in total. The molecule has 1 aromatic rings. The maximum atomic E-state index is 13.9. The highest BCUT2D eigenvalue weighted by molar-refractivity contribution is 5.95. The molecule has 1 amide bonds. The molecule has 1 aromatic carbocycles. The molecule has 0 aliphatic heterocycles. The largest absolute Gasteiger partial charge is 0.493 e. The van der Waals surface area contributed by atoms with Gasteiger partial charge in [-0.2, -0.15) is 0 Å². The van der Waals surface area contributed by atoms with E-state index in [4.69, 9.17) is 15.2 Å². The van der Waals surface area contributed by atoms with Crippen LogP contribution < -0.4 is 20.5 Å². The van der Waals surface area contributed by atoms with Crippen LogP contribution in [0.15, 0.2) is 12.1 Å². The van der Waals surface area contributed by atoms with Gasteiger partial charge in [0.25, 0.3) is 0 Å². The zero-order chi connectivity index (χ0) is 15.3. The molecule has 0 aromatic heterocycles. The van der Waals surface area contributed by atoms with Gasteiger partial charge in [-0.1, -0.05) is 20.3 Å². The Balaban J connectivity index is 0.00000400. The molecule has 2 atom stereocenters. The number of anilines is 1. The summed E-state index contributed by atoms with van der Waals surface area (Å²) in [6.07, 6.45) is 0.767. The van der Waals surface area contributed by atoms with E-state index in [-0.39, 0.29) is 29.8 Å². The van der Waals surface area contributed by atoms with Gasteiger partial charge in [0, 0.05) is 12.1 Å². The van der Waals surface area contributed by atoms with E-state index in [2.05, 4.69) is 5.32 Å². The number of carbonyl (C=O) groups excluding carboxylic acids is 1. The molecular weight excluding hydrogens is 299 g/mol. The maximum Gasteiger partial charge on any atom is 0.241 e. The van der Waals surface area contributed by atoms with E-state index in [1.807, 2.05) is 13.8 Å². The molecular formula is C14H22ClFN2O3. The van der Waals surface area contributed by atoms with Crippen LogP contribution in [0.4, 0.5) is 10.1 Å². The molecule has 0 saturated carbocycles. The Morgan fingerprint density at radius 3 is 2.33 bits per heavy atom. The fraction of sp³-hybridized carbons (Fsp3) is 0.500. The van der Waals surface area contributed by atoms with E-state index >= 15 is 0 Å². The van der Waals surface area contributed by atoms with Crippen LogP contribution in [-0.4, -0.2) is 26.2 Å². The minimum atomic E-state index is -0.688. The van der Waals surface area contributed by atoms with Crippen LogP contribution in [0.3, 0.4) is 0 Å². The van der Waals surface area contributed by atoms with Crippen LogP contribution in [0.5, 0.6) is 11.5 Å². The predicted octanol–water partition coefficient (Wildman–Crippen LogP) is 2.58. The molecule has 0 heterocycles. The summed E-state index contributed by atoms with van der Waals surface area (Å²) in [5.41, 5.74) is 5.83. The first-order valence-corrected chi connectivity index (χ1v) is 6.42. The lowest BCUT2D eigenvalue weighted by atomic mass is 9.99. The number of benzene rings is 1. The summed E-state index contributed by atoms with van der Waals surface area (Å²) >= 11 is 0. The Kier molecular flexibility index (Phi) is 8.06. The quantitative estimate of drug-likeness (QED) is 0.845. The van der Waals surface area contributed by atoms with Crippen molar-refractivity contribution >= 4 is 24.0 Å². The average molecular weight is 321 g/mol. The summed E-state index contributed by atoms with van der Waals surface area (Å²) in [7, 11) is 2.85. The van der Waals surface area contributed by atoms with Crippen LogP contribution in [-0.2, 0) is 4.79 Å². The first-order valence-electron chi connectivity index (χ1n) is 6.42. The molecule has 0 aliphatic rings. The molecule has 0 aliphatic carbocycles. The monoisotopic (exact) mass is 320 g/mol. The molecule has 2 unspecified atom stereocenters. The van der Waals surface area contributed by atoms with E-state index in [1.54, 1.807) is 0 Å². The van der Waals surface area contributed by atoms with Gasteiger partial charge in [0.05, 0.1) is 25.9 Å². The van der Waals surface area contributed by atoms with Crippen molar-refractivity contribution in [3.8, 4) is 11.5 Å². The smallest absolute Gasteiger partial charge is 0.241 e. The number of nitrogens with two attached hydrogens (primary N) is 1. The zero-order valence-corrected chi connectivity index (χ0v) is 13.4. The minimum Gasteiger partial charge on any atom is -0.493 e. The number of methoxy groups -OCH3 is 2. The fourth-order valence-corrected chi connectivity index (χ4v) is 1.68. The summed E-state index contributed by atoms with van der Waals surface area (Å²) in [5.74, 6) is -0.424. The molecule has 0 radical (unpaired) electrons. The van der Waals surface area contributed by atoms with Crippen LogP contribution in [0.1, 0.15) is 20.3 Å². The lowest BCUT2D eigenvalue weighted by Gasteiger charge is -2.18. The summed E-state index contributed by atoms with van der Waals surface area (Å²) in [4.78, 5) is 11.9. The van der Waals surface area contributed by atoms with Gasteiger partial charge in [-0.3, -0.25) is 4.79 Å². The summed E-state index contributed by atoms with van der Waals surface area (Å²) < 4.78 is 23.9. The van der Waals surface area contributed by atoms with Gasteiger partial charge in [0.2, 0.25) is 5.91 Å². The van der Waals surface area contributed by atoms with E-state index in [1.165, 1.54) is 20.3 Å². The molecule has 5 nitrogen and oxygen atoms in total. The van der Waals surface area contributed by atoms with Crippen LogP contribution >= 0.6 is 12.4 Å². The van der Waals surface area contributed by atoms with Crippen molar-refractivity contribution in [3.05, 3.63) is 17.9 Å². The first kappa shape index (κ1) is 19.5.